The number of sulfonamides is 1. The van der Waals surface area contributed by atoms with Gasteiger partial charge in [-0.2, -0.15) is 0 Å². The van der Waals surface area contributed by atoms with E-state index in [1.807, 2.05) is 13.8 Å². The van der Waals surface area contributed by atoms with Gasteiger partial charge < -0.3 is 10.5 Å². The SMILES string of the molecule is Cc1cccc(N)c1S(=O)(=O)NCCOC(C)C. The zero-order valence-corrected chi connectivity index (χ0v) is 11.8. The Morgan fingerprint density at radius 1 is 1.39 bits per heavy atom. The molecule has 0 radical (unpaired) electrons. The van der Waals surface area contributed by atoms with Crippen LogP contribution in [0.4, 0.5) is 5.69 Å². The standard InChI is InChI=1S/C12H20N2O3S/c1-9(2)17-8-7-14-18(15,16)12-10(3)5-4-6-11(12)13/h4-6,9,14H,7-8,13H2,1-3H3. The molecule has 102 valence electrons. The normalized spacial score (nSPS) is 12.0. The Bertz CT molecular complexity index is 478. The minimum absolute atomic E-state index is 0.0815. The number of hydrogen-bond donors (Lipinski definition) is 2. The molecule has 1 rings (SSSR count). The van der Waals surface area contributed by atoms with Gasteiger partial charge in [-0.25, -0.2) is 13.1 Å². The Balaban J connectivity index is 2.75. The summed E-state index contributed by atoms with van der Waals surface area (Å²) in [6.07, 6.45) is 0.0815. The topological polar surface area (TPSA) is 81.4 Å². The lowest BCUT2D eigenvalue weighted by Gasteiger charge is -2.12. The van der Waals surface area contributed by atoms with Crippen molar-refractivity contribution in [2.24, 2.45) is 0 Å². The first-order valence-corrected chi connectivity index (χ1v) is 7.29. The molecule has 0 bridgehead atoms. The molecular weight excluding hydrogens is 252 g/mol. The number of nitrogens with two attached hydrogens (primary N) is 1. The molecule has 1 aromatic carbocycles. The van der Waals surface area contributed by atoms with Crippen LogP contribution in [0.2, 0.25) is 0 Å². The van der Waals surface area contributed by atoms with Gasteiger partial charge in [0.25, 0.3) is 0 Å². The molecule has 0 aliphatic rings. The number of ether oxygens (including phenoxy) is 1. The summed E-state index contributed by atoms with van der Waals surface area (Å²) in [6, 6.07) is 5.02. The number of nitrogen functional groups attached to an aromatic ring is 1. The van der Waals surface area contributed by atoms with Crippen molar-refractivity contribution in [3.63, 3.8) is 0 Å². The summed E-state index contributed by atoms with van der Waals surface area (Å²) in [4.78, 5) is 0.148. The summed E-state index contributed by atoms with van der Waals surface area (Å²) in [5, 5.41) is 0. The maximum Gasteiger partial charge on any atom is 0.242 e. The number of aryl methyl sites for hydroxylation is 1. The molecule has 0 saturated heterocycles. The van der Waals surface area contributed by atoms with Gasteiger partial charge in [-0.15, -0.1) is 0 Å². The highest BCUT2D eigenvalue weighted by Crippen LogP contribution is 2.21. The zero-order valence-electron chi connectivity index (χ0n) is 10.9. The van der Waals surface area contributed by atoms with Gasteiger partial charge in [0.05, 0.1) is 18.4 Å². The quantitative estimate of drug-likeness (QED) is 0.604. The average Bonchev–Trinajstić information content (AvgIpc) is 2.23. The van der Waals surface area contributed by atoms with E-state index < -0.39 is 10.0 Å². The van der Waals surface area contributed by atoms with Crippen molar-refractivity contribution in [1.82, 2.24) is 4.72 Å². The highest BCUT2D eigenvalue weighted by atomic mass is 32.2. The summed E-state index contributed by atoms with van der Waals surface area (Å²) in [5.74, 6) is 0. The Labute approximate surface area is 108 Å². The van der Waals surface area contributed by atoms with Crippen molar-refractivity contribution in [3.05, 3.63) is 23.8 Å². The van der Waals surface area contributed by atoms with E-state index in [2.05, 4.69) is 4.72 Å². The lowest BCUT2D eigenvalue weighted by Crippen LogP contribution is -2.29. The first-order valence-electron chi connectivity index (χ1n) is 5.81. The molecule has 6 heteroatoms. The summed E-state index contributed by atoms with van der Waals surface area (Å²) in [7, 11) is -3.57. The first-order chi connectivity index (χ1) is 8.34. The molecule has 0 aliphatic heterocycles. The van der Waals surface area contributed by atoms with E-state index in [1.54, 1.807) is 25.1 Å². The van der Waals surface area contributed by atoms with E-state index >= 15 is 0 Å². The number of benzene rings is 1. The number of anilines is 1. The highest BCUT2D eigenvalue weighted by Gasteiger charge is 2.19. The van der Waals surface area contributed by atoms with E-state index in [9.17, 15) is 8.42 Å². The number of nitrogens with one attached hydrogen (secondary N) is 1. The molecule has 0 aliphatic carbocycles. The third-order valence-electron chi connectivity index (χ3n) is 2.36. The van der Waals surface area contributed by atoms with Crippen LogP contribution in [0.15, 0.2) is 23.1 Å². The van der Waals surface area contributed by atoms with Crippen molar-refractivity contribution >= 4 is 15.7 Å². The van der Waals surface area contributed by atoms with Crippen LogP contribution in [0, 0.1) is 6.92 Å². The largest absolute Gasteiger partial charge is 0.398 e. The Morgan fingerprint density at radius 2 is 2.06 bits per heavy atom. The second-order valence-corrected chi connectivity index (χ2v) is 6.01. The van der Waals surface area contributed by atoms with E-state index in [0.717, 1.165) is 0 Å². The van der Waals surface area contributed by atoms with E-state index in [-0.39, 0.29) is 23.2 Å². The van der Waals surface area contributed by atoms with E-state index in [0.29, 0.717) is 12.2 Å². The van der Waals surface area contributed by atoms with Crippen LogP contribution in [0.1, 0.15) is 19.4 Å². The average molecular weight is 272 g/mol. The molecule has 0 spiro atoms. The van der Waals surface area contributed by atoms with Crippen LogP contribution >= 0.6 is 0 Å². The van der Waals surface area contributed by atoms with Crippen molar-refractivity contribution in [3.8, 4) is 0 Å². The number of hydrogen-bond acceptors (Lipinski definition) is 4. The molecule has 1 aromatic rings. The Morgan fingerprint density at radius 3 is 2.61 bits per heavy atom. The van der Waals surface area contributed by atoms with Crippen LogP contribution in [-0.2, 0) is 14.8 Å². The summed E-state index contributed by atoms with van der Waals surface area (Å²) in [5.41, 5.74) is 6.60. The van der Waals surface area contributed by atoms with Crippen molar-refractivity contribution in [2.45, 2.75) is 31.8 Å². The number of rotatable bonds is 6. The maximum absolute atomic E-state index is 12.1. The zero-order chi connectivity index (χ0) is 13.8. The van der Waals surface area contributed by atoms with Crippen LogP contribution in [0.3, 0.4) is 0 Å². The molecule has 3 N–H and O–H groups in total. The van der Waals surface area contributed by atoms with Gasteiger partial charge in [-0.05, 0) is 32.4 Å². The van der Waals surface area contributed by atoms with Crippen LogP contribution in [-0.4, -0.2) is 27.7 Å². The maximum atomic E-state index is 12.1. The van der Waals surface area contributed by atoms with Gasteiger partial charge in [-0.3, -0.25) is 0 Å². The van der Waals surface area contributed by atoms with Crippen LogP contribution in [0.5, 0.6) is 0 Å². The minimum atomic E-state index is -3.57. The summed E-state index contributed by atoms with van der Waals surface area (Å²) >= 11 is 0. The predicted molar refractivity (Wildman–Crippen MR) is 71.9 cm³/mol. The van der Waals surface area contributed by atoms with E-state index in [4.69, 9.17) is 10.5 Å². The fraction of sp³-hybridized carbons (Fsp3) is 0.500. The molecule has 5 nitrogen and oxygen atoms in total. The minimum Gasteiger partial charge on any atom is -0.398 e. The Kier molecular flexibility index (Phi) is 5.13. The van der Waals surface area contributed by atoms with Crippen molar-refractivity contribution < 1.29 is 13.2 Å². The molecule has 0 fully saturated rings. The molecule has 18 heavy (non-hydrogen) atoms. The molecule has 0 amide bonds. The fourth-order valence-electron chi connectivity index (χ4n) is 1.59. The van der Waals surface area contributed by atoms with Crippen LogP contribution < -0.4 is 10.5 Å². The molecule has 0 atom stereocenters. The molecule has 0 unspecified atom stereocenters. The third-order valence-corrected chi connectivity index (χ3v) is 4.04. The molecule has 0 aromatic heterocycles. The molecule has 0 heterocycles. The van der Waals surface area contributed by atoms with Crippen molar-refractivity contribution in [1.29, 1.82) is 0 Å². The highest BCUT2D eigenvalue weighted by molar-refractivity contribution is 7.89. The van der Waals surface area contributed by atoms with Gasteiger partial charge in [0.15, 0.2) is 0 Å². The lowest BCUT2D eigenvalue weighted by molar-refractivity contribution is 0.0834. The van der Waals surface area contributed by atoms with Crippen molar-refractivity contribution in [2.75, 3.05) is 18.9 Å². The second kappa shape index (κ2) is 6.17. The van der Waals surface area contributed by atoms with Gasteiger partial charge in [-0.1, -0.05) is 12.1 Å². The predicted octanol–water partition coefficient (Wildman–Crippen LogP) is 1.28. The van der Waals surface area contributed by atoms with Gasteiger partial charge >= 0.3 is 0 Å². The summed E-state index contributed by atoms with van der Waals surface area (Å²) in [6.45, 7) is 6.08. The molecule has 0 saturated carbocycles. The van der Waals surface area contributed by atoms with E-state index in [1.165, 1.54) is 0 Å². The smallest absolute Gasteiger partial charge is 0.242 e. The monoisotopic (exact) mass is 272 g/mol. The fourth-order valence-corrected chi connectivity index (χ4v) is 2.95. The summed E-state index contributed by atoms with van der Waals surface area (Å²) < 4.78 is 31.9. The molecular formula is C12H20N2O3S. The first kappa shape index (κ1) is 14.9. The van der Waals surface area contributed by atoms with Gasteiger partial charge in [0, 0.05) is 6.54 Å². The third kappa shape index (κ3) is 3.97. The second-order valence-electron chi connectivity index (χ2n) is 4.31. The van der Waals surface area contributed by atoms with Gasteiger partial charge in [0.1, 0.15) is 4.90 Å². The Hall–Kier alpha value is -1.11. The van der Waals surface area contributed by atoms with Crippen LogP contribution in [0.25, 0.3) is 0 Å². The van der Waals surface area contributed by atoms with Gasteiger partial charge in [0.2, 0.25) is 10.0 Å². The lowest BCUT2D eigenvalue weighted by atomic mass is 10.2.